The normalized spacial score (nSPS) is 16.7. The molecule has 27 heavy (non-hydrogen) atoms. The average molecular weight is 378 g/mol. The van der Waals surface area contributed by atoms with Gasteiger partial charge in [-0.15, -0.1) is 0 Å². The van der Waals surface area contributed by atoms with E-state index in [0.29, 0.717) is 6.61 Å². The van der Waals surface area contributed by atoms with Crippen molar-refractivity contribution in [3.05, 3.63) is 29.8 Å². The highest BCUT2D eigenvalue weighted by molar-refractivity contribution is 5.94. The van der Waals surface area contributed by atoms with Crippen LogP contribution in [0, 0.1) is 0 Å². The van der Waals surface area contributed by atoms with Gasteiger partial charge in [-0.2, -0.15) is 0 Å². The number of hydrogen-bond acceptors (Lipinski definition) is 6. The molecular weight excluding hydrogens is 348 g/mol. The molecule has 0 bridgehead atoms. The van der Waals surface area contributed by atoms with Crippen LogP contribution in [0.1, 0.15) is 51.0 Å². The molecule has 1 saturated heterocycles. The van der Waals surface area contributed by atoms with Crippen molar-refractivity contribution in [3.63, 3.8) is 0 Å². The highest BCUT2D eigenvalue weighted by atomic mass is 16.7. The van der Waals surface area contributed by atoms with Crippen molar-refractivity contribution in [3.8, 4) is 5.75 Å². The van der Waals surface area contributed by atoms with Crippen molar-refractivity contribution in [1.29, 1.82) is 0 Å². The first-order valence-electron chi connectivity index (χ1n) is 9.74. The van der Waals surface area contributed by atoms with Gasteiger partial charge in [0.15, 0.2) is 6.29 Å². The van der Waals surface area contributed by atoms with Gasteiger partial charge in [0.2, 0.25) is 0 Å². The predicted molar refractivity (Wildman–Crippen MR) is 101 cm³/mol. The standard InChI is InChI=1S/C21H30O6/c1-17(22)16-20(23)25-15-14-24-19-10-3-2-8-18(19)9-4-6-12-26-21-11-5-7-13-27-21/h2-3,8,10,21H,4-7,9,11-16H2,1H3. The molecule has 0 saturated carbocycles. The van der Waals surface area contributed by atoms with E-state index in [9.17, 15) is 9.59 Å². The lowest BCUT2D eigenvalue weighted by atomic mass is 10.1. The summed E-state index contributed by atoms with van der Waals surface area (Å²) in [6, 6.07) is 7.87. The third-order valence-corrected chi connectivity index (χ3v) is 4.25. The molecule has 1 aromatic rings. The van der Waals surface area contributed by atoms with Crippen molar-refractivity contribution in [1.82, 2.24) is 0 Å². The number of carbonyl (C=O) groups is 2. The Bertz CT molecular complexity index is 580. The van der Waals surface area contributed by atoms with Crippen LogP contribution in [0.2, 0.25) is 0 Å². The van der Waals surface area contributed by atoms with E-state index in [-0.39, 0.29) is 31.7 Å². The van der Waals surface area contributed by atoms with Gasteiger partial charge in [-0.1, -0.05) is 18.2 Å². The molecule has 0 aliphatic carbocycles. The van der Waals surface area contributed by atoms with Crippen LogP contribution >= 0.6 is 0 Å². The Kier molecular flexibility index (Phi) is 9.87. The number of hydrogen-bond donors (Lipinski definition) is 0. The van der Waals surface area contributed by atoms with E-state index in [1.807, 2.05) is 24.3 Å². The number of ketones is 1. The van der Waals surface area contributed by atoms with Crippen LogP contribution in [0.5, 0.6) is 5.75 Å². The number of benzene rings is 1. The van der Waals surface area contributed by atoms with Crippen LogP contribution in [0.3, 0.4) is 0 Å². The minimum atomic E-state index is -0.513. The Morgan fingerprint density at radius 2 is 1.96 bits per heavy atom. The molecule has 0 amide bonds. The molecule has 6 heteroatoms. The average Bonchev–Trinajstić information content (AvgIpc) is 2.66. The van der Waals surface area contributed by atoms with E-state index >= 15 is 0 Å². The lowest BCUT2D eigenvalue weighted by Gasteiger charge is -2.22. The molecular formula is C21H30O6. The Morgan fingerprint density at radius 3 is 2.74 bits per heavy atom. The fourth-order valence-electron chi connectivity index (χ4n) is 2.89. The molecule has 2 rings (SSSR count). The van der Waals surface area contributed by atoms with Gasteiger partial charge in [0.25, 0.3) is 0 Å². The van der Waals surface area contributed by atoms with Crippen LogP contribution in [0.4, 0.5) is 0 Å². The SMILES string of the molecule is CC(=O)CC(=O)OCCOc1ccccc1CCCCOC1CCCCO1. The summed E-state index contributed by atoms with van der Waals surface area (Å²) in [5.41, 5.74) is 1.13. The Hall–Kier alpha value is -1.92. The molecule has 1 heterocycles. The van der Waals surface area contributed by atoms with Gasteiger partial charge in [0.1, 0.15) is 31.2 Å². The molecule has 150 valence electrons. The monoisotopic (exact) mass is 378 g/mol. The van der Waals surface area contributed by atoms with Gasteiger partial charge >= 0.3 is 5.97 Å². The number of aryl methyl sites for hydroxylation is 1. The second-order valence-corrected chi connectivity index (χ2v) is 6.68. The van der Waals surface area contributed by atoms with E-state index in [2.05, 4.69) is 0 Å². The van der Waals surface area contributed by atoms with Gasteiger partial charge < -0.3 is 18.9 Å². The summed E-state index contributed by atoms with van der Waals surface area (Å²) in [4.78, 5) is 22.2. The first kappa shape index (κ1) is 21.4. The Labute approximate surface area is 161 Å². The van der Waals surface area contributed by atoms with E-state index in [1.54, 1.807) is 0 Å². The van der Waals surface area contributed by atoms with Crippen molar-refractivity contribution in [2.75, 3.05) is 26.4 Å². The van der Waals surface area contributed by atoms with Crippen LogP contribution in [-0.4, -0.2) is 44.5 Å². The van der Waals surface area contributed by atoms with E-state index in [4.69, 9.17) is 18.9 Å². The second kappa shape index (κ2) is 12.5. The summed E-state index contributed by atoms with van der Waals surface area (Å²) >= 11 is 0. The maximum absolute atomic E-state index is 11.3. The van der Waals surface area contributed by atoms with Crippen LogP contribution in [-0.2, 0) is 30.2 Å². The summed E-state index contributed by atoms with van der Waals surface area (Å²) in [7, 11) is 0. The molecule has 0 spiro atoms. The lowest BCUT2D eigenvalue weighted by Crippen LogP contribution is -2.22. The minimum absolute atomic E-state index is 0.0277. The number of ether oxygens (including phenoxy) is 4. The number of esters is 1. The number of unbranched alkanes of at least 4 members (excludes halogenated alkanes) is 1. The van der Waals surface area contributed by atoms with Crippen molar-refractivity contribution in [2.24, 2.45) is 0 Å². The first-order chi connectivity index (χ1) is 13.1. The van der Waals surface area contributed by atoms with Crippen LogP contribution in [0.25, 0.3) is 0 Å². The summed E-state index contributed by atoms with van der Waals surface area (Å²) in [6.45, 7) is 3.28. The molecule has 0 N–H and O–H groups in total. The predicted octanol–water partition coefficient (Wildman–Crippen LogP) is 3.45. The highest BCUT2D eigenvalue weighted by Crippen LogP contribution is 2.20. The third-order valence-electron chi connectivity index (χ3n) is 4.25. The van der Waals surface area contributed by atoms with Crippen molar-refractivity contribution >= 4 is 11.8 Å². The van der Waals surface area contributed by atoms with E-state index < -0.39 is 5.97 Å². The zero-order valence-corrected chi connectivity index (χ0v) is 16.1. The maximum atomic E-state index is 11.3. The number of Topliss-reactive ketones (excluding diaryl/α,β-unsaturated/α-hetero) is 1. The maximum Gasteiger partial charge on any atom is 0.313 e. The van der Waals surface area contributed by atoms with Gasteiger partial charge in [-0.05, 0) is 57.1 Å². The summed E-state index contributed by atoms with van der Waals surface area (Å²) in [6.07, 6.45) is 5.96. The molecule has 1 aliphatic rings. The molecule has 1 atom stereocenters. The van der Waals surface area contributed by atoms with Gasteiger partial charge in [-0.3, -0.25) is 9.59 Å². The largest absolute Gasteiger partial charge is 0.490 e. The summed E-state index contributed by atoms with van der Waals surface area (Å²) in [5, 5.41) is 0. The number of rotatable bonds is 12. The zero-order valence-electron chi connectivity index (χ0n) is 16.1. The van der Waals surface area contributed by atoms with E-state index in [1.165, 1.54) is 13.3 Å². The van der Waals surface area contributed by atoms with Crippen molar-refractivity contribution in [2.45, 2.75) is 58.2 Å². The lowest BCUT2D eigenvalue weighted by molar-refractivity contribution is -0.162. The summed E-state index contributed by atoms with van der Waals surface area (Å²) in [5.74, 6) is 0.0864. The topological polar surface area (TPSA) is 71.1 Å². The molecule has 6 nitrogen and oxygen atoms in total. The molecule has 1 fully saturated rings. The zero-order chi connectivity index (χ0) is 19.3. The molecule has 1 aromatic carbocycles. The minimum Gasteiger partial charge on any atom is -0.490 e. The summed E-state index contributed by atoms with van der Waals surface area (Å²) < 4.78 is 22.0. The third kappa shape index (κ3) is 9.02. The smallest absolute Gasteiger partial charge is 0.313 e. The van der Waals surface area contributed by atoms with Gasteiger partial charge in [0.05, 0.1) is 0 Å². The fraction of sp³-hybridized carbons (Fsp3) is 0.619. The quantitative estimate of drug-likeness (QED) is 0.315. The van der Waals surface area contributed by atoms with E-state index in [0.717, 1.165) is 50.0 Å². The second-order valence-electron chi connectivity index (χ2n) is 6.68. The van der Waals surface area contributed by atoms with Crippen molar-refractivity contribution < 1.29 is 28.5 Å². The molecule has 0 aromatic heterocycles. The van der Waals surface area contributed by atoms with Crippen LogP contribution in [0.15, 0.2) is 24.3 Å². The first-order valence-corrected chi connectivity index (χ1v) is 9.74. The Morgan fingerprint density at radius 1 is 1.11 bits per heavy atom. The molecule has 0 radical (unpaired) electrons. The molecule has 1 unspecified atom stereocenters. The Balaban J connectivity index is 1.62. The highest BCUT2D eigenvalue weighted by Gasteiger charge is 2.13. The van der Waals surface area contributed by atoms with Gasteiger partial charge in [-0.25, -0.2) is 0 Å². The number of carbonyl (C=O) groups excluding carboxylic acids is 2. The van der Waals surface area contributed by atoms with Gasteiger partial charge in [0, 0.05) is 13.2 Å². The molecule has 1 aliphatic heterocycles. The fourth-order valence-corrected chi connectivity index (χ4v) is 2.89. The number of para-hydroxylation sites is 1. The van der Waals surface area contributed by atoms with Crippen LogP contribution < -0.4 is 4.74 Å².